The van der Waals surface area contributed by atoms with E-state index in [-0.39, 0.29) is 0 Å². The van der Waals surface area contributed by atoms with E-state index in [1.165, 1.54) is 0 Å². The van der Waals surface area contributed by atoms with Gasteiger partial charge in [0.05, 0.1) is 0 Å². The summed E-state index contributed by atoms with van der Waals surface area (Å²) in [5, 5.41) is 3.35. The Labute approximate surface area is 104 Å². The number of aromatic nitrogens is 2. The Hall–Kier alpha value is -1.32. The minimum Gasteiger partial charge on any atom is -0.370 e. The minimum atomic E-state index is 0.613. The van der Waals surface area contributed by atoms with Gasteiger partial charge in [-0.1, -0.05) is 13.8 Å². The lowest BCUT2D eigenvalue weighted by molar-refractivity contribution is 0.686. The maximum Gasteiger partial charge on any atom is 0.134 e. The van der Waals surface area contributed by atoms with Crippen LogP contribution in [-0.2, 0) is 0 Å². The second-order valence-corrected chi connectivity index (χ2v) is 4.61. The summed E-state index contributed by atoms with van der Waals surface area (Å²) in [5.74, 6) is 3.37. The van der Waals surface area contributed by atoms with Crippen molar-refractivity contribution >= 4 is 11.6 Å². The predicted octanol–water partition coefficient (Wildman–Crippen LogP) is 2.70. The molecule has 0 radical (unpaired) electrons. The number of rotatable bonds is 6. The number of anilines is 2. The van der Waals surface area contributed by atoms with E-state index in [2.05, 4.69) is 47.9 Å². The number of aryl methyl sites for hydroxylation is 1. The molecule has 1 aromatic heterocycles. The monoisotopic (exact) mass is 236 g/mol. The summed E-state index contributed by atoms with van der Waals surface area (Å²) >= 11 is 0. The Morgan fingerprint density at radius 2 is 1.88 bits per heavy atom. The molecule has 0 fully saturated rings. The molecular weight excluding hydrogens is 212 g/mol. The van der Waals surface area contributed by atoms with Gasteiger partial charge in [0, 0.05) is 25.7 Å². The minimum absolute atomic E-state index is 0.613. The van der Waals surface area contributed by atoms with Crippen LogP contribution < -0.4 is 10.2 Å². The second-order valence-electron chi connectivity index (χ2n) is 4.61. The first-order valence-electron chi connectivity index (χ1n) is 6.41. The van der Waals surface area contributed by atoms with E-state index in [9.17, 15) is 0 Å². The van der Waals surface area contributed by atoms with Crippen molar-refractivity contribution in [3.63, 3.8) is 0 Å². The van der Waals surface area contributed by atoms with Crippen LogP contribution >= 0.6 is 0 Å². The quantitative estimate of drug-likeness (QED) is 0.824. The highest BCUT2D eigenvalue weighted by atomic mass is 15.2. The largest absolute Gasteiger partial charge is 0.370 e. The molecule has 4 nitrogen and oxygen atoms in total. The van der Waals surface area contributed by atoms with Crippen LogP contribution in [0.5, 0.6) is 0 Å². The van der Waals surface area contributed by atoms with E-state index < -0.39 is 0 Å². The molecule has 0 aromatic carbocycles. The van der Waals surface area contributed by atoms with Gasteiger partial charge in [0.15, 0.2) is 0 Å². The van der Waals surface area contributed by atoms with Gasteiger partial charge in [-0.15, -0.1) is 0 Å². The summed E-state index contributed by atoms with van der Waals surface area (Å²) in [7, 11) is 0. The molecule has 0 aliphatic heterocycles. The molecule has 1 heterocycles. The molecule has 0 aliphatic carbocycles. The molecule has 1 aromatic rings. The molecular formula is C13H24N4. The van der Waals surface area contributed by atoms with E-state index in [1.54, 1.807) is 0 Å². The highest BCUT2D eigenvalue weighted by molar-refractivity contribution is 5.49. The number of nitrogens with zero attached hydrogens (tertiary/aromatic N) is 3. The topological polar surface area (TPSA) is 41.0 Å². The molecule has 96 valence electrons. The van der Waals surface area contributed by atoms with E-state index in [0.717, 1.165) is 37.1 Å². The molecule has 0 atom stereocenters. The zero-order valence-electron chi connectivity index (χ0n) is 11.6. The fourth-order valence-corrected chi connectivity index (χ4v) is 1.66. The first-order valence-corrected chi connectivity index (χ1v) is 6.41. The van der Waals surface area contributed by atoms with Crippen LogP contribution in [0.1, 0.15) is 33.5 Å². The van der Waals surface area contributed by atoms with E-state index in [4.69, 9.17) is 0 Å². The van der Waals surface area contributed by atoms with Crippen LogP contribution in [0.15, 0.2) is 6.07 Å². The zero-order valence-corrected chi connectivity index (χ0v) is 11.6. The SMILES string of the molecule is CCN(CC)c1cc(NCC(C)C)nc(C)n1. The average molecular weight is 236 g/mol. The Morgan fingerprint density at radius 3 is 2.41 bits per heavy atom. The number of nitrogens with one attached hydrogen (secondary N) is 1. The highest BCUT2D eigenvalue weighted by Gasteiger charge is 2.07. The summed E-state index contributed by atoms with van der Waals surface area (Å²) in [5.41, 5.74) is 0. The maximum atomic E-state index is 4.48. The van der Waals surface area contributed by atoms with Gasteiger partial charge in [-0.05, 0) is 26.7 Å². The van der Waals surface area contributed by atoms with Crippen LogP contribution in [0.3, 0.4) is 0 Å². The Bertz CT molecular complexity index is 345. The summed E-state index contributed by atoms with van der Waals surface area (Å²) in [6.45, 7) is 13.5. The first kappa shape index (κ1) is 13.7. The van der Waals surface area contributed by atoms with Gasteiger partial charge in [-0.25, -0.2) is 9.97 Å². The summed E-state index contributed by atoms with van der Waals surface area (Å²) in [4.78, 5) is 11.1. The molecule has 0 spiro atoms. The van der Waals surface area contributed by atoms with Crippen LogP contribution in [0.25, 0.3) is 0 Å². The van der Waals surface area contributed by atoms with Crippen molar-refractivity contribution in [1.82, 2.24) is 9.97 Å². The average Bonchev–Trinajstić information content (AvgIpc) is 2.27. The molecule has 0 unspecified atom stereocenters. The first-order chi connectivity index (χ1) is 8.06. The second kappa shape index (κ2) is 6.42. The summed E-state index contributed by atoms with van der Waals surface area (Å²) in [6.07, 6.45) is 0. The maximum absolute atomic E-state index is 4.48. The van der Waals surface area contributed by atoms with Gasteiger partial charge >= 0.3 is 0 Å². The van der Waals surface area contributed by atoms with Gasteiger partial charge in [0.2, 0.25) is 0 Å². The third-order valence-corrected chi connectivity index (χ3v) is 2.60. The third-order valence-electron chi connectivity index (χ3n) is 2.60. The Balaban J connectivity index is 2.85. The third kappa shape index (κ3) is 4.21. The fraction of sp³-hybridized carbons (Fsp3) is 0.692. The van der Waals surface area contributed by atoms with Crippen LogP contribution in [-0.4, -0.2) is 29.6 Å². The Kier molecular flexibility index (Phi) is 5.19. The molecule has 17 heavy (non-hydrogen) atoms. The van der Waals surface area contributed by atoms with Crippen LogP contribution in [0.2, 0.25) is 0 Å². The Morgan fingerprint density at radius 1 is 1.24 bits per heavy atom. The van der Waals surface area contributed by atoms with E-state index in [1.807, 2.05) is 13.0 Å². The fourth-order valence-electron chi connectivity index (χ4n) is 1.66. The number of hydrogen-bond acceptors (Lipinski definition) is 4. The lowest BCUT2D eigenvalue weighted by Crippen LogP contribution is -2.23. The molecule has 1 rings (SSSR count). The molecule has 0 amide bonds. The number of hydrogen-bond donors (Lipinski definition) is 1. The summed E-state index contributed by atoms with van der Waals surface area (Å²) < 4.78 is 0. The normalized spacial score (nSPS) is 10.7. The van der Waals surface area contributed by atoms with Gasteiger partial charge < -0.3 is 10.2 Å². The van der Waals surface area contributed by atoms with Crippen LogP contribution in [0.4, 0.5) is 11.6 Å². The lowest BCUT2D eigenvalue weighted by atomic mass is 10.2. The van der Waals surface area contributed by atoms with Gasteiger partial charge in [-0.2, -0.15) is 0 Å². The molecule has 4 heteroatoms. The molecule has 0 bridgehead atoms. The molecule has 1 N–H and O–H groups in total. The van der Waals surface area contributed by atoms with E-state index >= 15 is 0 Å². The summed E-state index contributed by atoms with van der Waals surface area (Å²) in [6, 6.07) is 2.03. The van der Waals surface area contributed by atoms with Crippen molar-refractivity contribution in [2.24, 2.45) is 5.92 Å². The molecule has 0 aliphatic rings. The smallest absolute Gasteiger partial charge is 0.134 e. The molecule has 0 saturated carbocycles. The predicted molar refractivity (Wildman–Crippen MR) is 73.7 cm³/mol. The van der Waals surface area contributed by atoms with Gasteiger partial charge in [0.25, 0.3) is 0 Å². The van der Waals surface area contributed by atoms with Crippen molar-refractivity contribution in [1.29, 1.82) is 0 Å². The van der Waals surface area contributed by atoms with E-state index in [0.29, 0.717) is 5.92 Å². The molecule has 0 saturated heterocycles. The van der Waals surface area contributed by atoms with Crippen molar-refractivity contribution in [3.05, 3.63) is 11.9 Å². The van der Waals surface area contributed by atoms with Crippen molar-refractivity contribution in [2.75, 3.05) is 29.9 Å². The van der Waals surface area contributed by atoms with Gasteiger partial charge in [0.1, 0.15) is 17.5 Å². The van der Waals surface area contributed by atoms with Crippen molar-refractivity contribution in [3.8, 4) is 0 Å². The standard InChI is InChI=1S/C13H24N4/c1-6-17(7-2)13-8-12(14-9-10(3)4)15-11(5)16-13/h8,10H,6-7,9H2,1-5H3,(H,14,15,16). The van der Waals surface area contributed by atoms with Crippen molar-refractivity contribution in [2.45, 2.75) is 34.6 Å². The zero-order chi connectivity index (χ0) is 12.8. The highest BCUT2D eigenvalue weighted by Crippen LogP contribution is 2.15. The van der Waals surface area contributed by atoms with Crippen LogP contribution in [0, 0.1) is 12.8 Å². The lowest BCUT2D eigenvalue weighted by Gasteiger charge is -2.21. The van der Waals surface area contributed by atoms with Gasteiger partial charge in [-0.3, -0.25) is 0 Å². The van der Waals surface area contributed by atoms with Crippen molar-refractivity contribution < 1.29 is 0 Å².